The van der Waals surface area contributed by atoms with Crippen LogP contribution in [0.3, 0.4) is 0 Å². The molecular formula is C20H23N3O2S. The van der Waals surface area contributed by atoms with Crippen LogP contribution in [0.25, 0.3) is 0 Å². The number of nitrogens with one attached hydrogen (secondary N) is 1. The number of allylic oxidation sites excluding steroid dienone is 3. The first-order valence-electron chi connectivity index (χ1n) is 9.61. The molecule has 136 valence electrons. The molecule has 4 saturated carbocycles. The average molecular weight is 369 g/mol. The lowest BCUT2D eigenvalue weighted by Crippen LogP contribution is -2.61. The molecule has 6 heteroatoms. The van der Waals surface area contributed by atoms with Gasteiger partial charge in [0.25, 0.3) is 0 Å². The molecule has 0 radical (unpaired) electrons. The fraction of sp³-hybridized carbons (Fsp3) is 0.600. The van der Waals surface area contributed by atoms with Gasteiger partial charge in [0, 0.05) is 5.54 Å². The maximum atomic E-state index is 12.8. The smallest absolute Gasteiger partial charge is 0.242 e. The lowest BCUT2D eigenvalue weighted by Gasteiger charge is -2.57. The highest BCUT2D eigenvalue weighted by molar-refractivity contribution is 7.80. The quantitative estimate of drug-likeness (QED) is 0.777. The van der Waals surface area contributed by atoms with E-state index in [0.29, 0.717) is 5.71 Å². The molecule has 5 aliphatic carbocycles. The molecule has 0 aromatic heterocycles. The molecule has 1 N–H and O–H groups in total. The number of fused-ring (bicyclic) bond motifs is 1. The zero-order valence-corrected chi connectivity index (χ0v) is 15.5. The Morgan fingerprint density at radius 3 is 2.50 bits per heavy atom. The highest BCUT2D eigenvalue weighted by Crippen LogP contribution is 2.55. The molecule has 1 aliphatic heterocycles. The molecule has 4 bridgehead atoms. The van der Waals surface area contributed by atoms with Gasteiger partial charge in [-0.05, 0) is 74.6 Å². The Bertz CT molecular complexity index is 747. The van der Waals surface area contributed by atoms with Crippen molar-refractivity contribution in [1.82, 2.24) is 10.2 Å². The van der Waals surface area contributed by atoms with E-state index in [1.807, 2.05) is 24.3 Å². The summed E-state index contributed by atoms with van der Waals surface area (Å²) in [5.74, 6) is 1.64. The first-order chi connectivity index (χ1) is 12.5. The van der Waals surface area contributed by atoms with Crippen molar-refractivity contribution < 1.29 is 9.59 Å². The summed E-state index contributed by atoms with van der Waals surface area (Å²) in [5, 5.41) is 3.51. The Morgan fingerprint density at radius 2 is 1.85 bits per heavy atom. The first-order valence-corrected chi connectivity index (χ1v) is 10.0. The van der Waals surface area contributed by atoms with E-state index >= 15 is 0 Å². The fourth-order valence-corrected chi connectivity index (χ4v) is 6.43. The average Bonchev–Trinajstić information content (AvgIpc) is 2.57. The van der Waals surface area contributed by atoms with Gasteiger partial charge in [0.15, 0.2) is 0 Å². The lowest BCUT2D eigenvalue weighted by molar-refractivity contribution is -0.135. The van der Waals surface area contributed by atoms with E-state index in [1.165, 1.54) is 24.2 Å². The highest BCUT2D eigenvalue weighted by Gasteiger charge is 2.51. The molecule has 4 fully saturated rings. The van der Waals surface area contributed by atoms with E-state index in [2.05, 4.69) is 10.3 Å². The molecule has 2 amide bonds. The number of aliphatic imine (C=N–C) groups is 1. The van der Waals surface area contributed by atoms with Crippen LogP contribution in [0.2, 0.25) is 0 Å². The van der Waals surface area contributed by atoms with Gasteiger partial charge in [-0.3, -0.25) is 14.5 Å². The van der Waals surface area contributed by atoms with E-state index in [1.54, 1.807) is 0 Å². The zero-order chi connectivity index (χ0) is 17.9. The van der Waals surface area contributed by atoms with Gasteiger partial charge in [0.2, 0.25) is 16.9 Å². The number of nitrogens with zero attached hydrogens (tertiary/aromatic N) is 2. The fourth-order valence-electron chi connectivity index (χ4n) is 6.17. The number of thiocarbonyl (C=S) groups is 1. The third-order valence-electron chi connectivity index (χ3n) is 6.73. The summed E-state index contributed by atoms with van der Waals surface area (Å²) in [4.78, 5) is 31.3. The molecule has 0 saturated heterocycles. The molecular weight excluding hydrogens is 346 g/mol. The van der Waals surface area contributed by atoms with E-state index in [4.69, 9.17) is 12.2 Å². The first kappa shape index (κ1) is 16.4. The standard InChI is InChI=1S/C20H23N3O2S/c24-17(22-20-8-12-5-13(9-20)7-14(6-12)10-20)11-23-18(25)15-3-1-2-4-16(15)21-19(23)26/h1-4,12-15H,5-11H2,(H,22,24). The van der Waals surface area contributed by atoms with E-state index in [-0.39, 0.29) is 29.0 Å². The number of rotatable bonds is 3. The van der Waals surface area contributed by atoms with Crippen LogP contribution in [0.4, 0.5) is 0 Å². The maximum Gasteiger partial charge on any atom is 0.242 e. The van der Waals surface area contributed by atoms with Crippen molar-refractivity contribution in [1.29, 1.82) is 0 Å². The van der Waals surface area contributed by atoms with Crippen LogP contribution in [0, 0.1) is 23.7 Å². The van der Waals surface area contributed by atoms with Crippen molar-refractivity contribution in [3.05, 3.63) is 24.3 Å². The van der Waals surface area contributed by atoms with E-state index < -0.39 is 5.92 Å². The van der Waals surface area contributed by atoms with Crippen molar-refractivity contribution in [2.24, 2.45) is 28.7 Å². The van der Waals surface area contributed by atoms with Gasteiger partial charge in [-0.15, -0.1) is 0 Å². The SMILES string of the molecule is O=C(CN1C(=O)C2C=CC=CC2=NC1=S)NC12CC3CC(CC(C3)C1)C2. The van der Waals surface area contributed by atoms with Gasteiger partial charge < -0.3 is 5.32 Å². The Hall–Kier alpha value is -1.82. The minimum Gasteiger partial charge on any atom is -0.349 e. The molecule has 1 atom stereocenters. The summed E-state index contributed by atoms with van der Waals surface area (Å²) in [6, 6.07) is 0. The van der Waals surface area contributed by atoms with Crippen LogP contribution < -0.4 is 5.32 Å². The van der Waals surface area contributed by atoms with Gasteiger partial charge in [0.1, 0.15) is 6.54 Å². The Kier molecular flexibility index (Phi) is 3.68. The van der Waals surface area contributed by atoms with Gasteiger partial charge in [-0.2, -0.15) is 0 Å². The summed E-state index contributed by atoms with van der Waals surface area (Å²) in [6.07, 6.45) is 14.6. The predicted octanol–water partition coefficient (Wildman–Crippen LogP) is 2.38. The zero-order valence-electron chi connectivity index (χ0n) is 14.7. The minimum atomic E-state index is -0.418. The van der Waals surface area contributed by atoms with Gasteiger partial charge in [-0.25, -0.2) is 4.99 Å². The van der Waals surface area contributed by atoms with E-state index in [9.17, 15) is 9.59 Å². The number of amides is 2. The maximum absolute atomic E-state index is 12.8. The van der Waals surface area contributed by atoms with Crippen molar-refractivity contribution in [3.8, 4) is 0 Å². The van der Waals surface area contributed by atoms with Crippen molar-refractivity contribution in [2.45, 2.75) is 44.1 Å². The summed E-state index contributed by atoms with van der Waals surface area (Å²) in [6.45, 7) is -0.0236. The molecule has 0 spiro atoms. The summed E-state index contributed by atoms with van der Waals surface area (Å²) < 4.78 is 0. The molecule has 26 heavy (non-hydrogen) atoms. The number of carbonyl (C=O) groups excluding carboxylic acids is 2. The summed E-state index contributed by atoms with van der Waals surface area (Å²) >= 11 is 5.29. The van der Waals surface area contributed by atoms with Crippen molar-refractivity contribution in [3.63, 3.8) is 0 Å². The largest absolute Gasteiger partial charge is 0.349 e. The lowest BCUT2D eigenvalue weighted by atomic mass is 9.53. The van der Waals surface area contributed by atoms with Crippen LogP contribution in [0.1, 0.15) is 38.5 Å². The summed E-state index contributed by atoms with van der Waals surface area (Å²) in [5.41, 5.74) is 0.619. The normalized spacial score (nSPS) is 39.8. The van der Waals surface area contributed by atoms with Crippen molar-refractivity contribution in [2.75, 3.05) is 6.54 Å². The van der Waals surface area contributed by atoms with Gasteiger partial charge >= 0.3 is 0 Å². The third kappa shape index (κ3) is 2.66. The topological polar surface area (TPSA) is 61.8 Å². The van der Waals surface area contributed by atoms with Crippen LogP contribution in [-0.2, 0) is 9.59 Å². The molecule has 5 nitrogen and oxygen atoms in total. The van der Waals surface area contributed by atoms with Crippen molar-refractivity contribution >= 4 is 34.9 Å². The summed E-state index contributed by atoms with van der Waals surface area (Å²) in [7, 11) is 0. The molecule has 6 rings (SSSR count). The Balaban J connectivity index is 1.29. The molecule has 0 aromatic carbocycles. The van der Waals surface area contributed by atoms with Crippen LogP contribution in [0.5, 0.6) is 0 Å². The second-order valence-corrected chi connectivity index (χ2v) is 9.08. The van der Waals surface area contributed by atoms with Gasteiger partial charge in [-0.1, -0.05) is 18.2 Å². The molecule has 1 heterocycles. The van der Waals surface area contributed by atoms with Crippen LogP contribution in [-0.4, -0.2) is 39.6 Å². The monoisotopic (exact) mass is 369 g/mol. The van der Waals surface area contributed by atoms with Gasteiger partial charge in [0.05, 0.1) is 11.6 Å². The number of hydrogen-bond donors (Lipinski definition) is 1. The van der Waals surface area contributed by atoms with Crippen LogP contribution in [0.15, 0.2) is 29.3 Å². The second-order valence-electron chi connectivity index (χ2n) is 8.71. The minimum absolute atomic E-state index is 0.0236. The predicted molar refractivity (Wildman–Crippen MR) is 103 cm³/mol. The highest BCUT2D eigenvalue weighted by atomic mass is 32.1. The number of hydrogen-bond acceptors (Lipinski definition) is 3. The molecule has 6 aliphatic rings. The Morgan fingerprint density at radius 1 is 1.19 bits per heavy atom. The van der Waals surface area contributed by atoms with E-state index in [0.717, 1.165) is 37.0 Å². The third-order valence-corrected chi connectivity index (χ3v) is 7.04. The van der Waals surface area contributed by atoms with Crippen LogP contribution >= 0.6 is 12.2 Å². The second kappa shape index (κ2) is 5.84. The molecule has 1 unspecified atom stereocenters. The Labute approximate surface area is 158 Å². The molecule has 0 aromatic rings. The number of carbonyl (C=O) groups is 2.